The van der Waals surface area contributed by atoms with Gasteiger partial charge in [-0.05, 0) is 6.92 Å². The van der Waals surface area contributed by atoms with Gasteiger partial charge < -0.3 is 9.32 Å². The summed E-state index contributed by atoms with van der Waals surface area (Å²) in [5, 5.41) is 0. The van der Waals surface area contributed by atoms with Crippen LogP contribution in [0.3, 0.4) is 0 Å². The number of nitrogens with zero attached hydrogens (tertiary/aromatic N) is 2. The van der Waals surface area contributed by atoms with Crippen molar-refractivity contribution >= 4 is 17.6 Å². The fraction of sp³-hybridized carbons (Fsp3) is 0.571. The van der Waals surface area contributed by atoms with E-state index >= 15 is 0 Å². The number of hydrogen-bond acceptors (Lipinski definition) is 3. The highest BCUT2D eigenvalue weighted by Gasteiger charge is 2.05. The first-order valence-electron chi connectivity index (χ1n) is 3.49. The maximum atomic E-state index is 5.55. The molecule has 1 aromatic rings. The Bertz CT molecular complexity index is 224. The first-order chi connectivity index (χ1) is 5.27. The molecule has 0 fully saturated rings. The van der Waals surface area contributed by atoms with Gasteiger partial charge in [0.1, 0.15) is 6.26 Å². The molecule has 0 aliphatic heterocycles. The van der Waals surface area contributed by atoms with Crippen molar-refractivity contribution < 1.29 is 4.42 Å². The zero-order valence-corrected chi connectivity index (χ0v) is 7.43. The average molecular weight is 175 g/mol. The van der Waals surface area contributed by atoms with Gasteiger partial charge >= 0.3 is 0 Å². The molecule has 0 aromatic carbocycles. The molecule has 0 aliphatic carbocycles. The summed E-state index contributed by atoms with van der Waals surface area (Å²) in [4.78, 5) is 6.04. The molecule has 3 nitrogen and oxygen atoms in total. The molecule has 1 heterocycles. The largest absolute Gasteiger partial charge is 0.432 e. The van der Waals surface area contributed by atoms with Gasteiger partial charge in [-0.1, -0.05) is 0 Å². The molecule has 0 N–H and O–H groups in total. The van der Waals surface area contributed by atoms with Crippen molar-refractivity contribution in [1.29, 1.82) is 0 Å². The lowest BCUT2D eigenvalue weighted by Crippen LogP contribution is -2.15. The normalized spacial score (nSPS) is 10.1. The second-order valence-corrected chi connectivity index (χ2v) is 2.54. The third kappa shape index (κ3) is 1.87. The SMILES string of the molecule is CCN(C)c1nc(CCl)co1. The number of rotatable bonds is 3. The molecular weight excluding hydrogens is 164 g/mol. The van der Waals surface area contributed by atoms with Crippen molar-refractivity contribution in [2.24, 2.45) is 0 Å². The zero-order valence-electron chi connectivity index (χ0n) is 6.67. The quantitative estimate of drug-likeness (QED) is 0.656. The number of oxazole rings is 1. The molecule has 0 spiro atoms. The van der Waals surface area contributed by atoms with E-state index in [1.807, 2.05) is 18.9 Å². The van der Waals surface area contributed by atoms with Crippen LogP contribution < -0.4 is 4.90 Å². The van der Waals surface area contributed by atoms with Gasteiger partial charge in [-0.15, -0.1) is 11.6 Å². The molecule has 0 aliphatic rings. The van der Waals surface area contributed by atoms with Gasteiger partial charge in [0.25, 0.3) is 6.01 Å². The van der Waals surface area contributed by atoms with Crippen LogP contribution in [0.2, 0.25) is 0 Å². The number of aromatic nitrogens is 1. The molecule has 1 aromatic heterocycles. The number of anilines is 1. The summed E-state index contributed by atoms with van der Waals surface area (Å²) in [6.07, 6.45) is 1.58. The van der Waals surface area contributed by atoms with E-state index in [0.29, 0.717) is 11.9 Å². The van der Waals surface area contributed by atoms with Crippen molar-refractivity contribution in [1.82, 2.24) is 4.98 Å². The van der Waals surface area contributed by atoms with Crippen LogP contribution in [0.5, 0.6) is 0 Å². The highest BCUT2D eigenvalue weighted by atomic mass is 35.5. The maximum Gasteiger partial charge on any atom is 0.297 e. The Morgan fingerprint density at radius 2 is 2.45 bits per heavy atom. The predicted molar refractivity (Wildman–Crippen MR) is 45.0 cm³/mol. The Labute approximate surface area is 71.0 Å². The van der Waals surface area contributed by atoms with E-state index in [1.165, 1.54) is 0 Å². The van der Waals surface area contributed by atoms with Gasteiger partial charge in [-0.3, -0.25) is 0 Å². The van der Waals surface area contributed by atoms with E-state index in [-0.39, 0.29) is 0 Å². The van der Waals surface area contributed by atoms with E-state index in [2.05, 4.69) is 4.98 Å². The van der Waals surface area contributed by atoms with E-state index < -0.39 is 0 Å². The van der Waals surface area contributed by atoms with Gasteiger partial charge in [0, 0.05) is 13.6 Å². The van der Waals surface area contributed by atoms with Crippen LogP contribution in [0.1, 0.15) is 12.6 Å². The van der Waals surface area contributed by atoms with Crippen molar-refractivity contribution in [3.63, 3.8) is 0 Å². The number of alkyl halides is 1. The lowest BCUT2D eigenvalue weighted by atomic mass is 10.6. The highest BCUT2D eigenvalue weighted by Crippen LogP contribution is 2.12. The number of halogens is 1. The Morgan fingerprint density at radius 3 is 2.91 bits per heavy atom. The minimum absolute atomic E-state index is 0.404. The van der Waals surface area contributed by atoms with Gasteiger partial charge in [-0.2, -0.15) is 4.98 Å². The maximum absolute atomic E-state index is 5.55. The second-order valence-electron chi connectivity index (χ2n) is 2.27. The first-order valence-corrected chi connectivity index (χ1v) is 4.03. The number of hydrogen-bond donors (Lipinski definition) is 0. The van der Waals surface area contributed by atoms with E-state index in [4.69, 9.17) is 16.0 Å². The van der Waals surface area contributed by atoms with Gasteiger partial charge in [0.2, 0.25) is 0 Å². The van der Waals surface area contributed by atoms with Crippen LogP contribution in [0.25, 0.3) is 0 Å². The molecule has 0 radical (unpaired) electrons. The smallest absolute Gasteiger partial charge is 0.297 e. The second kappa shape index (κ2) is 3.62. The lowest BCUT2D eigenvalue weighted by molar-refractivity contribution is 0.548. The molecule has 0 amide bonds. The fourth-order valence-corrected chi connectivity index (χ4v) is 0.791. The molecule has 0 bridgehead atoms. The molecule has 0 saturated carbocycles. The van der Waals surface area contributed by atoms with Gasteiger partial charge in [0.15, 0.2) is 0 Å². The van der Waals surface area contributed by atoms with E-state index in [0.717, 1.165) is 12.2 Å². The summed E-state index contributed by atoms with van der Waals surface area (Å²) in [5.41, 5.74) is 0.780. The molecule has 4 heteroatoms. The van der Waals surface area contributed by atoms with Crippen LogP contribution in [-0.4, -0.2) is 18.6 Å². The molecule has 0 atom stereocenters. The fourth-order valence-electron chi connectivity index (χ4n) is 0.668. The third-order valence-electron chi connectivity index (χ3n) is 1.48. The van der Waals surface area contributed by atoms with Gasteiger partial charge in [-0.25, -0.2) is 0 Å². The Kier molecular flexibility index (Phi) is 2.76. The van der Waals surface area contributed by atoms with Crippen LogP contribution in [0.15, 0.2) is 10.7 Å². The molecular formula is C7H11ClN2O. The Morgan fingerprint density at radius 1 is 1.73 bits per heavy atom. The monoisotopic (exact) mass is 174 g/mol. The highest BCUT2D eigenvalue weighted by molar-refractivity contribution is 6.16. The Hall–Kier alpha value is -0.700. The topological polar surface area (TPSA) is 29.3 Å². The van der Waals surface area contributed by atoms with E-state index in [9.17, 15) is 0 Å². The molecule has 11 heavy (non-hydrogen) atoms. The van der Waals surface area contributed by atoms with Crippen molar-refractivity contribution in [2.75, 3.05) is 18.5 Å². The summed E-state index contributed by atoms with van der Waals surface area (Å²) < 4.78 is 5.14. The van der Waals surface area contributed by atoms with Crippen LogP contribution >= 0.6 is 11.6 Å². The van der Waals surface area contributed by atoms with Crippen LogP contribution in [0, 0.1) is 0 Å². The minimum Gasteiger partial charge on any atom is -0.432 e. The molecule has 62 valence electrons. The lowest BCUT2D eigenvalue weighted by Gasteiger charge is -2.09. The standard InChI is InChI=1S/C7H11ClN2O/c1-3-10(2)7-9-6(4-8)5-11-7/h5H,3-4H2,1-2H3. The zero-order chi connectivity index (χ0) is 8.27. The van der Waals surface area contributed by atoms with E-state index in [1.54, 1.807) is 6.26 Å². The first kappa shape index (κ1) is 8.40. The summed E-state index contributed by atoms with van der Waals surface area (Å²) in [7, 11) is 1.92. The average Bonchev–Trinajstić information content (AvgIpc) is 2.50. The third-order valence-corrected chi connectivity index (χ3v) is 1.75. The van der Waals surface area contributed by atoms with Crippen molar-refractivity contribution in [3.05, 3.63) is 12.0 Å². The summed E-state index contributed by atoms with van der Waals surface area (Å²) in [6, 6.07) is 0.628. The van der Waals surface area contributed by atoms with Crippen LogP contribution in [-0.2, 0) is 5.88 Å². The van der Waals surface area contributed by atoms with Crippen molar-refractivity contribution in [3.8, 4) is 0 Å². The van der Waals surface area contributed by atoms with Crippen molar-refractivity contribution in [2.45, 2.75) is 12.8 Å². The summed E-state index contributed by atoms with van der Waals surface area (Å²) >= 11 is 5.55. The summed E-state index contributed by atoms with van der Waals surface area (Å²) in [5.74, 6) is 0.404. The van der Waals surface area contributed by atoms with Crippen LogP contribution in [0.4, 0.5) is 6.01 Å². The molecule has 0 saturated heterocycles. The predicted octanol–water partition coefficient (Wildman–Crippen LogP) is 1.87. The minimum atomic E-state index is 0.404. The summed E-state index contributed by atoms with van der Waals surface area (Å²) in [6.45, 7) is 2.91. The molecule has 0 unspecified atom stereocenters. The molecule has 1 rings (SSSR count). The Balaban J connectivity index is 2.71. The van der Waals surface area contributed by atoms with Gasteiger partial charge in [0.05, 0.1) is 11.6 Å².